The maximum Gasteiger partial charge on any atom is 0.163 e. The molecule has 1 atom stereocenters. The van der Waals surface area contributed by atoms with Crippen LogP contribution in [0.15, 0.2) is 48.7 Å². The first-order chi connectivity index (χ1) is 16.4. The summed E-state index contributed by atoms with van der Waals surface area (Å²) in [5.74, 6) is 1.05. The van der Waals surface area contributed by atoms with Crippen molar-refractivity contribution in [1.29, 1.82) is 0 Å². The summed E-state index contributed by atoms with van der Waals surface area (Å²) in [7, 11) is 6.58. The van der Waals surface area contributed by atoms with Gasteiger partial charge in [-0.1, -0.05) is 30.3 Å². The number of aliphatic hydroxyl groups is 1. The van der Waals surface area contributed by atoms with Gasteiger partial charge in [0.25, 0.3) is 0 Å². The maximum atomic E-state index is 10.9. The topological polar surface area (TPSA) is 58.1 Å². The quantitative estimate of drug-likeness (QED) is 0.704. The van der Waals surface area contributed by atoms with Crippen LogP contribution >= 0.6 is 0 Å². The molecule has 1 aliphatic carbocycles. The molecule has 0 amide bonds. The predicted octanol–water partition coefficient (Wildman–Crippen LogP) is 2.28. The second-order valence-corrected chi connectivity index (χ2v) is 10.8. The molecule has 3 aliphatic rings. The number of aliphatic hydroxyl groups excluding tert-OH is 1. The summed E-state index contributed by atoms with van der Waals surface area (Å²) >= 11 is 0. The highest BCUT2D eigenvalue weighted by molar-refractivity contribution is 5.41. The number of pyridine rings is 1. The van der Waals surface area contributed by atoms with E-state index in [0.29, 0.717) is 0 Å². The first kappa shape index (κ1) is 23.7. The molecule has 2 saturated heterocycles. The summed E-state index contributed by atoms with van der Waals surface area (Å²) in [5, 5.41) is 14.5. The number of benzene rings is 1. The molecule has 2 aromatic rings. The molecule has 3 fully saturated rings. The Morgan fingerprint density at radius 3 is 2.41 bits per heavy atom. The lowest BCUT2D eigenvalue weighted by Crippen LogP contribution is -2.54. The van der Waals surface area contributed by atoms with Gasteiger partial charge in [-0.15, -0.1) is 0 Å². The number of piperazine rings is 1. The lowest BCUT2D eigenvalue weighted by molar-refractivity contribution is 0.0126. The Morgan fingerprint density at radius 2 is 1.74 bits per heavy atom. The van der Waals surface area contributed by atoms with Gasteiger partial charge in [0, 0.05) is 56.5 Å². The van der Waals surface area contributed by atoms with Crippen LogP contribution in [0.2, 0.25) is 0 Å². The van der Waals surface area contributed by atoms with Gasteiger partial charge in [-0.05, 0) is 70.1 Å². The molecule has 0 radical (unpaired) electrons. The molecule has 7 nitrogen and oxygen atoms in total. The molecule has 5 rings (SSSR count). The van der Waals surface area contributed by atoms with E-state index in [2.05, 4.69) is 93.5 Å². The molecule has 184 valence electrons. The largest absolute Gasteiger partial charge is 0.365 e. The van der Waals surface area contributed by atoms with Crippen LogP contribution in [0.4, 0.5) is 5.82 Å². The van der Waals surface area contributed by atoms with Gasteiger partial charge < -0.3 is 14.9 Å². The molecule has 2 N–H and O–H groups in total. The van der Waals surface area contributed by atoms with E-state index in [-0.39, 0.29) is 11.1 Å². The smallest absolute Gasteiger partial charge is 0.163 e. The second-order valence-electron chi connectivity index (χ2n) is 10.8. The molecule has 7 heteroatoms. The highest BCUT2D eigenvalue weighted by Crippen LogP contribution is 2.46. The minimum Gasteiger partial charge on any atom is -0.365 e. The van der Waals surface area contributed by atoms with Crippen LogP contribution in [0.3, 0.4) is 0 Å². The fraction of sp³-hybridized carbons (Fsp3) is 0.593. The lowest BCUT2D eigenvalue weighted by atomic mass is 9.69. The standard InChI is InChI=1S/C27H40N6O/c1-30(2)27(23-7-5-4-6-8-23)12-10-26(11-13-27)21-33(25(34)29-26)20-22-9-14-28-24(19-22)32-17-15-31(3)16-18-32/h4-9,14,19,25,29,34H,10-13,15-18,20-21H2,1-3H3/t25?,26-,27+. The Labute approximate surface area is 204 Å². The van der Waals surface area contributed by atoms with E-state index in [1.54, 1.807) is 0 Å². The van der Waals surface area contributed by atoms with Gasteiger partial charge in [0.2, 0.25) is 0 Å². The van der Waals surface area contributed by atoms with Gasteiger partial charge in [-0.25, -0.2) is 4.98 Å². The summed E-state index contributed by atoms with van der Waals surface area (Å²) in [4.78, 5) is 13.9. The number of aromatic nitrogens is 1. The zero-order valence-corrected chi connectivity index (χ0v) is 21.0. The molecule has 1 spiro atoms. The van der Waals surface area contributed by atoms with Crippen LogP contribution in [0, 0.1) is 0 Å². The van der Waals surface area contributed by atoms with Crippen LogP contribution in [-0.2, 0) is 12.1 Å². The molecule has 1 aromatic carbocycles. The van der Waals surface area contributed by atoms with E-state index in [0.717, 1.165) is 70.8 Å². The first-order valence-corrected chi connectivity index (χ1v) is 12.7. The SMILES string of the molecule is CN1CCN(c2cc(CN3C[C@]4(CC[C@](c5ccccc5)(N(C)C)CC4)NC3O)ccn2)CC1. The third-order valence-electron chi connectivity index (χ3n) is 8.51. The van der Waals surface area contributed by atoms with Crippen molar-refractivity contribution < 1.29 is 5.11 Å². The van der Waals surface area contributed by atoms with Crippen LogP contribution in [0.25, 0.3) is 0 Å². The third kappa shape index (κ3) is 4.60. The van der Waals surface area contributed by atoms with Crippen molar-refractivity contribution in [1.82, 2.24) is 25.0 Å². The van der Waals surface area contributed by atoms with Crippen LogP contribution in [-0.4, -0.2) is 90.5 Å². The number of nitrogens with one attached hydrogen (secondary N) is 1. The molecular weight excluding hydrogens is 424 g/mol. The van der Waals surface area contributed by atoms with Crippen LogP contribution in [0.5, 0.6) is 0 Å². The Morgan fingerprint density at radius 1 is 1.03 bits per heavy atom. The zero-order valence-electron chi connectivity index (χ0n) is 21.0. The van der Waals surface area contributed by atoms with Gasteiger partial charge >= 0.3 is 0 Å². The van der Waals surface area contributed by atoms with Crippen LogP contribution < -0.4 is 10.2 Å². The maximum absolute atomic E-state index is 10.9. The van der Waals surface area contributed by atoms with Crippen molar-refractivity contribution in [2.75, 3.05) is 58.8 Å². The van der Waals surface area contributed by atoms with Gasteiger partial charge in [-0.2, -0.15) is 0 Å². The Balaban J connectivity index is 1.25. The van der Waals surface area contributed by atoms with Crippen molar-refractivity contribution in [3.63, 3.8) is 0 Å². The predicted molar refractivity (Wildman–Crippen MR) is 137 cm³/mol. The van der Waals surface area contributed by atoms with E-state index >= 15 is 0 Å². The summed E-state index contributed by atoms with van der Waals surface area (Å²) < 4.78 is 0. The number of hydrogen-bond donors (Lipinski definition) is 2. The number of rotatable bonds is 5. The van der Waals surface area contributed by atoms with Gasteiger partial charge in [0.05, 0.1) is 0 Å². The summed E-state index contributed by atoms with van der Waals surface area (Å²) in [6.45, 7) is 5.77. The van der Waals surface area contributed by atoms with E-state index in [4.69, 9.17) is 0 Å². The van der Waals surface area contributed by atoms with E-state index in [1.807, 2.05) is 6.20 Å². The summed E-state index contributed by atoms with van der Waals surface area (Å²) in [6.07, 6.45) is 5.58. The third-order valence-corrected chi connectivity index (χ3v) is 8.51. The molecule has 34 heavy (non-hydrogen) atoms. The fourth-order valence-corrected chi connectivity index (χ4v) is 6.22. The number of hydrogen-bond acceptors (Lipinski definition) is 7. The van der Waals surface area contributed by atoms with Gasteiger partial charge in [0.1, 0.15) is 5.82 Å². The monoisotopic (exact) mass is 464 g/mol. The summed E-state index contributed by atoms with van der Waals surface area (Å²) in [6, 6.07) is 15.2. The number of nitrogens with zero attached hydrogens (tertiary/aromatic N) is 5. The minimum absolute atomic E-state index is 0.0268. The van der Waals surface area contributed by atoms with E-state index in [9.17, 15) is 5.11 Å². The van der Waals surface area contributed by atoms with E-state index in [1.165, 1.54) is 11.1 Å². The van der Waals surface area contributed by atoms with E-state index < -0.39 is 6.35 Å². The summed E-state index contributed by atoms with van der Waals surface area (Å²) in [5.41, 5.74) is 2.65. The van der Waals surface area contributed by atoms with Gasteiger partial charge in [0.15, 0.2) is 6.35 Å². The van der Waals surface area contributed by atoms with Crippen molar-refractivity contribution >= 4 is 5.82 Å². The Kier molecular flexibility index (Phi) is 6.66. The molecule has 1 saturated carbocycles. The average Bonchev–Trinajstić information content (AvgIpc) is 3.15. The van der Waals surface area contributed by atoms with Crippen LogP contribution in [0.1, 0.15) is 36.8 Å². The number of anilines is 1. The lowest BCUT2D eigenvalue weighted by Gasteiger charge is -2.49. The average molecular weight is 465 g/mol. The molecular formula is C27H40N6O. The molecule has 1 aromatic heterocycles. The highest BCUT2D eigenvalue weighted by Gasteiger charge is 2.49. The zero-order chi connectivity index (χ0) is 23.8. The Bertz CT molecular complexity index is 951. The number of likely N-dealkylation sites (N-methyl/N-ethyl adjacent to an activating group) is 1. The first-order valence-electron chi connectivity index (χ1n) is 12.7. The fourth-order valence-electron chi connectivity index (χ4n) is 6.22. The van der Waals surface area contributed by atoms with Crippen molar-refractivity contribution in [2.24, 2.45) is 0 Å². The van der Waals surface area contributed by atoms with Crippen molar-refractivity contribution in [3.05, 3.63) is 59.8 Å². The molecule has 0 bridgehead atoms. The van der Waals surface area contributed by atoms with Crippen molar-refractivity contribution in [3.8, 4) is 0 Å². The molecule has 1 unspecified atom stereocenters. The van der Waals surface area contributed by atoms with Crippen molar-refractivity contribution in [2.45, 2.75) is 49.7 Å². The normalized spacial score (nSPS) is 31.0. The second kappa shape index (κ2) is 9.55. The minimum atomic E-state index is -0.608. The molecule has 3 heterocycles. The Hall–Kier alpha value is -2.03. The highest BCUT2D eigenvalue weighted by atomic mass is 16.3. The van der Waals surface area contributed by atoms with Gasteiger partial charge in [-0.3, -0.25) is 15.1 Å². The molecule has 2 aliphatic heterocycles.